The van der Waals surface area contributed by atoms with E-state index in [0.29, 0.717) is 28.4 Å². The van der Waals surface area contributed by atoms with E-state index in [1.807, 2.05) is 37.3 Å². The summed E-state index contributed by atoms with van der Waals surface area (Å²) in [5.74, 6) is 0.586. The van der Waals surface area contributed by atoms with Crippen molar-refractivity contribution in [2.45, 2.75) is 27.4 Å². The van der Waals surface area contributed by atoms with Crippen LogP contribution in [0.2, 0.25) is 0 Å². The molecular weight excluding hydrogens is 518 g/mol. The van der Waals surface area contributed by atoms with Crippen LogP contribution in [0.1, 0.15) is 49.2 Å². The number of furan rings is 1. The Morgan fingerprint density at radius 2 is 1.63 bits per heavy atom. The minimum Gasteiger partial charge on any atom is -0.486 e. The van der Waals surface area contributed by atoms with Crippen molar-refractivity contribution in [2.24, 2.45) is 5.10 Å². The van der Waals surface area contributed by atoms with E-state index in [2.05, 4.69) is 41.1 Å². The highest BCUT2D eigenvalue weighted by atomic mass is 16.5. The number of rotatable bonds is 9. The highest BCUT2D eigenvalue weighted by Gasteiger charge is 2.13. The average molecular weight is 548 g/mol. The van der Waals surface area contributed by atoms with Gasteiger partial charge >= 0.3 is 11.9 Å². The molecule has 1 N–H and O–H groups in total. The molecule has 0 spiro atoms. The number of ether oxygens (including phenoxy) is 2. The van der Waals surface area contributed by atoms with Crippen LogP contribution in [0.5, 0.6) is 11.5 Å². The van der Waals surface area contributed by atoms with Crippen LogP contribution in [0.4, 0.5) is 0 Å². The largest absolute Gasteiger partial charge is 0.486 e. The summed E-state index contributed by atoms with van der Waals surface area (Å²) in [4.78, 5) is 25.1. The maximum absolute atomic E-state index is 12.6. The monoisotopic (exact) mass is 547 g/mol. The Kier molecular flexibility index (Phi) is 8.10. The van der Waals surface area contributed by atoms with Gasteiger partial charge in [-0.1, -0.05) is 29.8 Å². The van der Waals surface area contributed by atoms with E-state index >= 15 is 0 Å². The number of benzene rings is 3. The Labute approximate surface area is 237 Å². The Morgan fingerprint density at radius 3 is 2.39 bits per heavy atom. The number of hydrazone groups is 1. The first-order chi connectivity index (χ1) is 19.9. The molecular formula is C33H29N3O5. The molecule has 2 aromatic heterocycles. The van der Waals surface area contributed by atoms with E-state index in [0.717, 1.165) is 22.6 Å². The lowest BCUT2D eigenvalue weighted by atomic mass is 10.1. The summed E-state index contributed by atoms with van der Waals surface area (Å²) in [6.07, 6.45) is 1.41. The molecule has 0 aliphatic carbocycles. The van der Waals surface area contributed by atoms with Gasteiger partial charge in [-0.05, 0) is 93.6 Å². The molecule has 0 saturated heterocycles. The van der Waals surface area contributed by atoms with Gasteiger partial charge in [0.05, 0.1) is 11.8 Å². The van der Waals surface area contributed by atoms with E-state index < -0.39 is 11.9 Å². The second-order valence-electron chi connectivity index (χ2n) is 9.50. The van der Waals surface area contributed by atoms with Gasteiger partial charge in [0.15, 0.2) is 5.76 Å². The Bertz CT molecular complexity index is 1690. The number of carbonyl (C=O) groups is 2. The van der Waals surface area contributed by atoms with Crippen molar-refractivity contribution in [2.75, 3.05) is 0 Å². The summed E-state index contributed by atoms with van der Waals surface area (Å²) in [6, 6.07) is 29.3. The van der Waals surface area contributed by atoms with Gasteiger partial charge in [0.25, 0.3) is 0 Å². The number of carbonyl (C=O) groups excluding carboxylic acids is 2. The summed E-state index contributed by atoms with van der Waals surface area (Å²) in [5.41, 5.74) is 7.74. The minimum atomic E-state index is -0.524. The molecule has 41 heavy (non-hydrogen) atoms. The number of hydrogen-bond donors (Lipinski definition) is 1. The summed E-state index contributed by atoms with van der Waals surface area (Å²) in [5, 5.41) is 4.01. The van der Waals surface area contributed by atoms with Crippen molar-refractivity contribution >= 4 is 18.1 Å². The van der Waals surface area contributed by atoms with Crippen molar-refractivity contribution in [1.29, 1.82) is 0 Å². The van der Waals surface area contributed by atoms with Gasteiger partial charge in [-0.3, -0.25) is 4.79 Å². The number of para-hydroxylation sites is 1. The fourth-order valence-corrected chi connectivity index (χ4v) is 4.33. The van der Waals surface area contributed by atoms with Crippen LogP contribution < -0.4 is 14.9 Å². The third-order valence-corrected chi connectivity index (χ3v) is 6.38. The van der Waals surface area contributed by atoms with E-state index in [1.165, 1.54) is 6.21 Å². The first-order valence-electron chi connectivity index (χ1n) is 13.1. The van der Waals surface area contributed by atoms with Gasteiger partial charge in [-0.15, -0.1) is 0 Å². The Hall–Kier alpha value is -5.37. The fourth-order valence-electron chi connectivity index (χ4n) is 4.33. The van der Waals surface area contributed by atoms with Crippen LogP contribution in [-0.2, 0) is 6.61 Å². The first-order valence-corrected chi connectivity index (χ1v) is 13.1. The molecule has 0 radical (unpaired) electrons. The molecule has 0 saturated carbocycles. The SMILES string of the molecule is Cc1cccc(C(=O)Oc2ccccc2/C=N\NC(=O)c2ccc(COc3ccc(-n4c(C)ccc4C)cc3)o2)c1. The van der Waals surface area contributed by atoms with Crippen molar-refractivity contribution in [3.05, 3.63) is 137 Å². The first kappa shape index (κ1) is 27.2. The Balaban J connectivity index is 1.15. The second-order valence-corrected chi connectivity index (χ2v) is 9.50. The predicted octanol–water partition coefficient (Wildman–Crippen LogP) is 6.56. The third-order valence-electron chi connectivity index (χ3n) is 6.38. The number of nitrogens with one attached hydrogen (secondary N) is 1. The number of amides is 1. The molecule has 206 valence electrons. The van der Waals surface area contributed by atoms with Crippen molar-refractivity contribution in [3.63, 3.8) is 0 Å². The molecule has 5 rings (SSSR count). The molecule has 0 bridgehead atoms. The molecule has 8 heteroatoms. The molecule has 5 aromatic rings. The van der Waals surface area contributed by atoms with Crippen LogP contribution >= 0.6 is 0 Å². The second kappa shape index (κ2) is 12.2. The van der Waals surface area contributed by atoms with Crippen LogP contribution in [-0.4, -0.2) is 22.7 Å². The lowest BCUT2D eigenvalue weighted by Crippen LogP contribution is -2.17. The molecule has 8 nitrogen and oxygen atoms in total. The zero-order valence-corrected chi connectivity index (χ0v) is 23.0. The molecule has 0 aliphatic rings. The van der Waals surface area contributed by atoms with Crippen molar-refractivity contribution in [1.82, 2.24) is 9.99 Å². The van der Waals surface area contributed by atoms with Gasteiger partial charge in [0, 0.05) is 22.6 Å². The molecule has 2 heterocycles. The van der Waals surface area contributed by atoms with Crippen molar-refractivity contribution < 1.29 is 23.5 Å². The van der Waals surface area contributed by atoms with Crippen LogP contribution in [0.15, 0.2) is 107 Å². The smallest absolute Gasteiger partial charge is 0.343 e. The third kappa shape index (κ3) is 6.62. The van der Waals surface area contributed by atoms with Crippen LogP contribution in [0, 0.1) is 20.8 Å². The van der Waals surface area contributed by atoms with Crippen LogP contribution in [0.25, 0.3) is 5.69 Å². The molecule has 0 unspecified atom stereocenters. The lowest BCUT2D eigenvalue weighted by Gasteiger charge is -2.10. The lowest BCUT2D eigenvalue weighted by molar-refractivity contribution is 0.0734. The highest BCUT2D eigenvalue weighted by Crippen LogP contribution is 2.21. The summed E-state index contributed by atoms with van der Waals surface area (Å²) < 4.78 is 19.2. The number of esters is 1. The number of aryl methyl sites for hydroxylation is 3. The summed E-state index contributed by atoms with van der Waals surface area (Å²) in [6.45, 7) is 6.20. The highest BCUT2D eigenvalue weighted by molar-refractivity contribution is 5.94. The van der Waals surface area contributed by atoms with E-state index in [9.17, 15) is 9.59 Å². The Morgan fingerprint density at radius 1 is 0.878 bits per heavy atom. The average Bonchev–Trinajstić information content (AvgIpc) is 3.59. The maximum Gasteiger partial charge on any atom is 0.343 e. The maximum atomic E-state index is 12.6. The molecule has 3 aromatic carbocycles. The molecule has 0 atom stereocenters. The molecule has 1 amide bonds. The zero-order valence-electron chi connectivity index (χ0n) is 23.0. The zero-order chi connectivity index (χ0) is 28.8. The number of aromatic nitrogens is 1. The quantitative estimate of drug-likeness (QED) is 0.0976. The topological polar surface area (TPSA) is 95.1 Å². The predicted molar refractivity (Wildman–Crippen MR) is 156 cm³/mol. The number of nitrogens with zero attached hydrogens (tertiary/aromatic N) is 2. The van der Waals surface area contributed by atoms with Crippen molar-refractivity contribution in [3.8, 4) is 17.2 Å². The van der Waals surface area contributed by atoms with E-state index in [4.69, 9.17) is 13.9 Å². The van der Waals surface area contributed by atoms with Gasteiger partial charge < -0.3 is 18.5 Å². The van der Waals surface area contributed by atoms with E-state index in [1.54, 1.807) is 54.6 Å². The minimum absolute atomic E-state index is 0.0915. The van der Waals surface area contributed by atoms with Gasteiger partial charge in [-0.2, -0.15) is 5.10 Å². The fraction of sp³-hybridized carbons (Fsp3) is 0.121. The standard InChI is InChI=1S/C33H29N3O5/c1-22-7-6-9-25(19-22)33(38)41-30-10-5-4-8-26(30)20-34-35-32(37)31-18-17-29(40-31)21-39-28-15-13-27(14-16-28)36-23(2)11-12-24(36)3/h4-20H,21H2,1-3H3,(H,35,37)/b34-20-. The molecule has 0 fully saturated rings. The number of hydrogen-bond acceptors (Lipinski definition) is 6. The summed E-state index contributed by atoms with van der Waals surface area (Å²) in [7, 11) is 0. The van der Waals surface area contributed by atoms with Gasteiger partial charge in [-0.25, -0.2) is 10.2 Å². The van der Waals surface area contributed by atoms with E-state index in [-0.39, 0.29) is 12.4 Å². The summed E-state index contributed by atoms with van der Waals surface area (Å²) >= 11 is 0. The normalized spacial score (nSPS) is 11.0. The van der Waals surface area contributed by atoms with Crippen LogP contribution in [0.3, 0.4) is 0 Å². The van der Waals surface area contributed by atoms with Gasteiger partial charge in [0.1, 0.15) is 23.9 Å². The van der Waals surface area contributed by atoms with Gasteiger partial charge in [0.2, 0.25) is 0 Å². The molecule has 0 aliphatic heterocycles.